The third kappa shape index (κ3) is 6.05. The van der Waals surface area contributed by atoms with Crippen molar-refractivity contribution >= 4 is 17.7 Å². The van der Waals surface area contributed by atoms with Crippen molar-refractivity contribution in [3.05, 3.63) is 35.9 Å². The summed E-state index contributed by atoms with van der Waals surface area (Å²) in [4.78, 5) is 39.3. The number of methoxy groups -OCH3 is 1. The molecule has 0 aromatic heterocycles. The number of rotatable bonds is 8. The molecular weight excluding hydrogens is 358 g/mol. The van der Waals surface area contributed by atoms with Gasteiger partial charge in [0.2, 0.25) is 11.8 Å². The number of amides is 3. The number of carbonyl (C=O) groups excluding carboxylic acids is 3. The average Bonchev–Trinajstić information content (AvgIpc) is 2.72. The van der Waals surface area contributed by atoms with Gasteiger partial charge < -0.3 is 20.3 Å². The van der Waals surface area contributed by atoms with Crippen LogP contribution in [0.5, 0.6) is 0 Å². The van der Waals surface area contributed by atoms with Crippen molar-refractivity contribution in [2.75, 3.05) is 26.8 Å². The Kier molecular flexibility index (Phi) is 8.44. The number of nitrogens with one attached hydrogen (secondary N) is 2. The Bertz CT molecular complexity index is 657. The van der Waals surface area contributed by atoms with E-state index in [1.807, 2.05) is 19.9 Å². The SMILES string of the molecule is CC[C@H](C)NC(=O)[C@H](NC(=O)c1ccccc1)C1CCN(C(=O)COC)CC1. The number of ether oxygens (including phenoxy) is 1. The first-order valence-corrected chi connectivity index (χ1v) is 9.89. The van der Waals surface area contributed by atoms with Crippen LogP contribution in [0.1, 0.15) is 43.5 Å². The van der Waals surface area contributed by atoms with Crippen LogP contribution in [0.25, 0.3) is 0 Å². The standard InChI is InChI=1S/C21H31N3O4/c1-4-15(2)22-21(27)19(23-20(26)17-8-6-5-7-9-17)16-10-12-24(13-11-16)18(25)14-28-3/h5-9,15-16,19H,4,10-14H2,1-3H3,(H,22,27)(H,23,26)/t15-,19+/m0/s1. The fourth-order valence-corrected chi connectivity index (χ4v) is 3.34. The summed E-state index contributed by atoms with van der Waals surface area (Å²) < 4.78 is 4.91. The predicted octanol–water partition coefficient (Wildman–Crippen LogP) is 1.58. The summed E-state index contributed by atoms with van der Waals surface area (Å²) in [5.41, 5.74) is 0.525. The second-order valence-electron chi connectivity index (χ2n) is 7.29. The van der Waals surface area contributed by atoms with Crippen LogP contribution in [-0.4, -0.2) is 61.5 Å². The molecular formula is C21H31N3O4. The molecule has 3 amide bonds. The Morgan fingerprint density at radius 2 is 1.79 bits per heavy atom. The molecule has 2 N–H and O–H groups in total. The van der Waals surface area contributed by atoms with E-state index in [4.69, 9.17) is 4.74 Å². The van der Waals surface area contributed by atoms with E-state index in [0.717, 1.165) is 6.42 Å². The molecule has 2 atom stereocenters. The molecule has 0 aliphatic carbocycles. The van der Waals surface area contributed by atoms with Crippen molar-refractivity contribution in [1.82, 2.24) is 15.5 Å². The molecule has 1 aliphatic heterocycles. The quantitative estimate of drug-likeness (QED) is 0.707. The third-order valence-corrected chi connectivity index (χ3v) is 5.24. The number of likely N-dealkylation sites (tertiary alicyclic amines) is 1. The molecule has 0 saturated carbocycles. The minimum absolute atomic E-state index is 0.0247. The van der Waals surface area contributed by atoms with Crippen LogP contribution in [-0.2, 0) is 14.3 Å². The number of hydrogen-bond acceptors (Lipinski definition) is 4. The summed E-state index contributed by atoms with van der Waals surface area (Å²) in [5.74, 6) is -0.499. The molecule has 0 radical (unpaired) electrons. The van der Waals surface area contributed by atoms with Gasteiger partial charge in [-0.15, -0.1) is 0 Å². The van der Waals surface area contributed by atoms with Crippen molar-refractivity contribution in [1.29, 1.82) is 0 Å². The maximum atomic E-state index is 12.9. The van der Waals surface area contributed by atoms with E-state index in [1.165, 1.54) is 7.11 Å². The molecule has 0 spiro atoms. The van der Waals surface area contributed by atoms with Crippen LogP contribution in [0.15, 0.2) is 30.3 Å². The van der Waals surface area contributed by atoms with Gasteiger partial charge in [-0.1, -0.05) is 25.1 Å². The van der Waals surface area contributed by atoms with Gasteiger partial charge in [0.1, 0.15) is 12.6 Å². The molecule has 1 aromatic carbocycles. The molecule has 1 heterocycles. The highest BCUT2D eigenvalue weighted by Crippen LogP contribution is 2.22. The second-order valence-corrected chi connectivity index (χ2v) is 7.29. The van der Waals surface area contributed by atoms with Crippen LogP contribution in [0.2, 0.25) is 0 Å². The third-order valence-electron chi connectivity index (χ3n) is 5.24. The lowest BCUT2D eigenvalue weighted by molar-refractivity contribution is -0.136. The fraction of sp³-hybridized carbons (Fsp3) is 0.571. The van der Waals surface area contributed by atoms with E-state index in [2.05, 4.69) is 10.6 Å². The molecule has 1 fully saturated rings. The van der Waals surface area contributed by atoms with Gasteiger partial charge >= 0.3 is 0 Å². The Morgan fingerprint density at radius 3 is 2.36 bits per heavy atom. The maximum Gasteiger partial charge on any atom is 0.251 e. The largest absolute Gasteiger partial charge is 0.375 e. The first-order chi connectivity index (χ1) is 13.5. The Morgan fingerprint density at radius 1 is 1.14 bits per heavy atom. The molecule has 1 aliphatic rings. The summed E-state index contributed by atoms with van der Waals surface area (Å²) in [5, 5.41) is 5.91. The highest BCUT2D eigenvalue weighted by Gasteiger charge is 2.34. The monoisotopic (exact) mass is 389 g/mol. The number of benzene rings is 1. The van der Waals surface area contributed by atoms with Gasteiger partial charge in [-0.2, -0.15) is 0 Å². The Labute approximate surface area is 166 Å². The molecule has 0 bridgehead atoms. The van der Waals surface area contributed by atoms with Gasteiger partial charge in [0.05, 0.1) is 0 Å². The zero-order chi connectivity index (χ0) is 20.5. The molecule has 0 unspecified atom stereocenters. The minimum atomic E-state index is -0.624. The Hall–Kier alpha value is -2.41. The highest BCUT2D eigenvalue weighted by molar-refractivity contribution is 5.97. The van der Waals surface area contributed by atoms with E-state index >= 15 is 0 Å². The molecule has 7 nitrogen and oxygen atoms in total. The molecule has 1 aromatic rings. The molecule has 7 heteroatoms. The van der Waals surface area contributed by atoms with Crippen molar-refractivity contribution in [3.63, 3.8) is 0 Å². The fourth-order valence-electron chi connectivity index (χ4n) is 3.34. The first-order valence-electron chi connectivity index (χ1n) is 9.89. The van der Waals surface area contributed by atoms with E-state index < -0.39 is 6.04 Å². The lowest BCUT2D eigenvalue weighted by atomic mass is 9.88. The lowest BCUT2D eigenvalue weighted by Crippen LogP contribution is -2.55. The first kappa shape index (κ1) is 21.9. The minimum Gasteiger partial charge on any atom is -0.375 e. The topological polar surface area (TPSA) is 87.7 Å². The predicted molar refractivity (Wildman–Crippen MR) is 107 cm³/mol. The van der Waals surface area contributed by atoms with Crippen LogP contribution in [0.3, 0.4) is 0 Å². The zero-order valence-corrected chi connectivity index (χ0v) is 16.9. The van der Waals surface area contributed by atoms with Crippen molar-refractivity contribution in [2.24, 2.45) is 5.92 Å². The van der Waals surface area contributed by atoms with Crippen LogP contribution in [0.4, 0.5) is 0 Å². The van der Waals surface area contributed by atoms with Crippen LogP contribution >= 0.6 is 0 Å². The summed E-state index contributed by atoms with van der Waals surface area (Å²) >= 11 is 0. The van der Waals surface area contributed by atoms with E-state index in [-0.39, 0.29) is 36.3 Å². The molecule has 28 heavy (non-hydrogen) atoms. The van der Waals surface area contributed by atoms with Gasteiger partial charge in [0, 0.05) is 31.8 Å². The van der Waals surface area contributed by atoms with Crippen molar-refractivity contribution in [2.45, 2.75) is 45.2 Å². The number of hydrogen-bond donors (Lipinski definition) is 2. The molecule has 1 saturated heterocycles. The van der Waals surface area contributed by atoms with Gasteiger partial charge in [-0.25, -0.2) is 0 Å². The summed E-state index contributed by atoms with van der Waals surface area (Å²) in [7, 11) is 1.50. The number of nitrogens with zero attached hydrogens (tertiary/aromatic N) is 1. The van der Waals surface area contributed by atoms with Gasteiger partial charge in [-0.05, 0) is 44.2 Å². The van der Waals surface area contributed by atoms with E-state index in [1.54, 1.807) is 29.2 Å². The van der Waals surface area contributed by atoms with E-state index in [0.29, 0.717) is 31.5 Å². The average molecular weight is 389 g/mol. The lowest BCUT2D eigenvalue weighted by Gasteiger charge is -2.36. The molecule has 154 valence electrons. The van der Waals surface area contributed by atoms with Crippen LogP contribution < -0.4 is 10.6 Å². The maximum absolute atomic E-state index is 12.9. The number of piperidine rings is 1. The summed E-state index contributed by atoms with van der Waals surface area (Å²) in [6.07, 6.45) is 2.13. The summed E-state index contributed by atoms with van der Waals surface area (Å²) in [6.45, 7) is 5.12. The Balaban J connectivity index is 2.07. The smallest absolute Gasteiger partial charge is 0.251 e. The summed E-state index contributed by atoms with van der Waals surface area (Å²) in [6, 6.07) is 8.30. The normalized spacial score (nSPS) is 16.9. The van der Waals surface area contributed by atoms with Gasteiger partial charge in [0.25, 0.3) is 5.91 Å². The van der Waals surface area contributed by atoms with Crippen LogP contribution in [0, 0.1) is 5.92 Å². The molecule has 2 rings (SSSR count). The van der Waals surface area contributed by atoms with Gasteiger partial charge in [-0.3, -0.25) is 14.4 Å². The zero-order valence-electron chi connectivity index (χ0n) is 16.9. The highest BCUT2D eigenvalue weighted by atomic mass is 16.5. The van der Waals surface area contributed by atoms with E-state index in [9.17, 15) is 14.4 Å². The van der Waals surface area contributed by atoms with Crippen molar-refractivity contribution < 1.29 is 19.1 Å². The van der Waals surface area contributed by atoms with Crippen molar-refractivity contribution in [3.8, 4) is 0 Å². The number of carbonyl (C=O) groups is 3. The van der Waals surface area contributed by atoms with Gasteiger partial charge in [0.15, 0.2) is 0 Å². The second kappa shape index (κ2) is 10.8.